The predicted octanol–water partition coefficient (Wildman–Crippen LogP) is 2.62. The van der Waals surface area contributed by atoms with Gasteiger partial charge in [-0.05, 0) is 42.9 Å². The van der Waals surface area contributed by atoms with Gasteiger partial charge in [-0.15, -0.1) is 16.4 Å². The number of hydrogen-bond donors (Lipinski definition) is 1. The molecule has 1 aliphatic carbocycles. The Bertz CT molecular complexity index is 993. The Kier molecular flexibility index (Phi) is 4.09. The highest BCUT2D eigenvalue weighted by atomic mass is 32.1. The third-order valence-electron chi connectivity index (χ3n) is 4.54. The van der Waals surface area contributed by atoms with Gasteiger partial charge in [0, 0.05) is 10.6 Å². The second kappa shape index (κ2) is 6.40. The number of para-hydroxylation sites is 1. The molecular formula is C18H18N4O2S. The quantitative estimate of drug-likeness (QED) is 0.784. The first kappa shape index (κ1) is 16.0. The topological polar surface area (TPSA) is 76.9 Å². The van der Waals surface area contributed by atoms with E-state index in [-0.39, 0.29) is 18.0 Å². The number of aromatic nitrogens is 3. The Hall–Kier alpha value is -2.54. The van der Waals surface area contributed by atoms with E-state index in [9.17, 15) is 9.59 Å². The Morgan fingerprint density at radius 1 is 1.36 bits per heavy atom. The lowest BCUT2D eigenvalue weighted by atomic mass is 9.89. The SMILES string of the molecule is C[C@@H]1CCc2c(sc3nnn(CC(=O)Nc4ccccc4)c(=O)c23)C1. The minimum Gasteiger partial charge on any atom is -0.324 e. The molecule has 1 amide bonds. The Balaban J connectivity index is 1.63. The van der Waals surface area contributed by atoms with Gasteiger partial charge in [0.1, 0.15) is 6.54 Å². The van der Waals surface area contributed by atoms with E-state index in [1.54, 1.807) is 23.5 Å². The van der Waals surface area contributed by atoms with E-state index in [2.05, 4.69) is 22.6 Å². The molecule has 0 saturated carbocycles. The van der Waals surface area contributed by atoms with Crippen molar-refractivity contribution in [3.8, 4) is 0 Å². The maximum Gasteiger partial charge on any atom is 0.279 e. The van der Waals surface area contributed by atoms with Crippen LogP contribution < -0.4 is 10.9 Å². The summed E-state index contributed by atoms with van der Waals surface area (Å²) in [5.41, 5.74) is 1.58. The fourth-order valence-electron chi connectivity index (χ4n) is 3.25. The number of thiophene rings is 1. The molecule has 128 valence electrons. The molecule has 1 atom stereocenters. The van der Waals surface area contributed by atoms with Crippen molar-refractivity contribution in [1.29, 1.82) is 0 Å². The van der Waals surface area contributed by atoms with Crippen LogP contribution in [0.25, 0.3) is 10.2 Å². The molecule has 0 bridgehead atoms. The number of rotatable bonds is 3. The number of fused-ring (bicyclic) bond motifs is 3. The molecule has 0 aliphatic heterocycles. The summed E-state index contributed by atoms with van der Waals surface area (Å²) < 4.78 is 1.16. The number of carbonyl (C=O) groups excluding carboxylic acids is 1. The van der Waals surface area contributed by atoms with Crippen molar-refractivity contribution >= 4 is 33.1 Å². The lowest BCUT2D eigenvalue weighted by Gasteiger charge is -2.17. The molecule has 6 nitrogen and oxygen atoms in total. The predicted molar refractivity (Wildman–Crippen MR) is 97.9 cm³/mol. The number of hydrogen-bond acceptors (Lipinski definition) is 5. The van der Waals surface area contributed by atoms with Crippen LogP contribution in [0.2, 0.25) is 0 Å². The lowest BCUT2D eigenvalue weighted by molar-refractivity contribution is -0.117. The molecule has 25 heavy (non-hydrogen) atoms. The van der Waals surface area contributed by atoms with Crippen LogP contribution in [0.15, 0.2) is 35.1 Å². The highest BCUT2D eigenvalue weighted by molar-refractivity contribution is 7.18. The van der Waals surface area contributed by atoms with Gasteiger partial charge in [0.2, 0.25) is 5.91 Å². The minimum absolute atomic E-state index is 0.141. The average Bonchev–Trinajstić information content (AvgIpc) is 2.96. The summed E-state index contributed by atoms with van der Waals surface area (Å²) in [7, 11) is 0. The van der Waals surface area contributed by atoms with Gasteiger partial charge in [0.15, 0.2) is 4.83 Å². The van der Waals surface area contributed by atoms with E-state index in [1.165, 1.54) is 4.88 Å². The van der Waals surface area contributed by atoms with Crippen LogP contribution in [0.1, 0.15) is 23.8 Å². The summed E-state index contributed by atoms with van der Waals surface area (Å²) in [6.45, 7) is 2.09. The summed E-state index contributed by atoms with van der Waals surface area (Å²) >= 11 is 1.56. The summed E-state index contributed by atoms with van der Waals surface area (Å²) in [6.07, 6.45) is 2.97. The highest BCUT2D eigenvalue weighted by Gasteiger charge is 2.24. The number of benzene rings is 1. The number of aryl methyl sites for hydroxylation is 1. The van der Waals surface area contributed by atoms with Crippen molar-refractivity contribution in [3.05, 3.63) is 51.1 Å². The first-order valence-electron chi connectivity index (χ1n) is 8.35. The summed E-state index contributed by atoms with van der Waals surface area (Å²) in [4.78, 5) is 26.9. The molecule has 3 aromatic rings. The molecule has 4 rings (SSSR count). The van der Waals surface area contributed by atoms with Crippen molar-refractivity contribution in [2.24, 2.45) is 5.92 Å². The molecule has 2 aromatic heterocycles. The van der Waals surface area contributed by atoms with Crippen LogP contribution >= 0.6 is 11.3 Å². The summed E-state index contributed by atoms with van der Waals surface area (Å²) in [5, 5.41) is 11.5. The average molecular weight is 354 g/mol. The normalized spacial score (nSPS) is 16.6. The molecule has 1 aliphatic rings. The molecule has 0 saturated heterocycles. The molecule has 0 radical (unpaired) electrons. The second-order valence-corrected chi connectivity index (χ2v) is 7.58. The highest BCUT2D eigenvalue weighted by Crippen LogP contribution is 2.35. The molecule has 1 N–H and O–H groups in total. The Morgan fingerprint density at radius 2 is 2.16 bits per heavy atom. The third-order valence-corrected chi connectivity index (χ3v) is 5.67. The van der Waals surface area contributed by atoms with Crippen LogP contribution in [0.4, 0.5) is 5.69 Å². The van der Waals surface area contributed by atoms with Gasteiger partial charge in [-0.2, -0.15) is 0 Å². The van der Waals surface area contributed by atoms with Gasteiger partial charge in [-0.1, -0.05) is 30.3 Å². The Labute approximate surface area is 148 Å². The van der Waals surface area contributed by atoms with E-state index in [1.807, 2.05) is 18.2 Å². The van der Waals surface area contributed by atoms with E-state index in [0.717, 1.165) is 29.5 Å². The van der Waals surface area contributed by atoms with Crippen molar-refractivity contribution in [2.45, 2.75) is 32.7 Å². The first-order chi connectivity index (χ1) is 12.1. The van der Waals surface area contributed by atoms with Gasteiger partial charge < -0.3 is 5.32 Å². The Morgan fingerprint density at radius 3 is 2.96 bits per heavy atom. The van der Waals surface area contributed by atoms with E-state index in [0.29, 0.717) is 21.8 Å². The van der Waals surface area contributed by atoms with Crippen LogP contribution in [-0.2, 0) is 24.2 Å². The van der Waals surface area contributed by atoms with Crippen LogP contribution in [0.5, 0.6) is 0 Å². The maximum atomic E-state index is 12.8. The minimum atomic E-state index is -0.292. The number of carbonyl (C=O) groups is 1. The smallest absolute Gasteiger partial charge is 0.279 e. The zero-order valence-corrected chi connectivity index (χ0v) is 14.7. The standard InChI is InChI=1S/C18H18N4O2S/c1-11-7-8-13-14(9-11)25-17-16(13)18(24)22(21-20-17)10-15(23)19-12-5-3-2-4-6-12/h2-6,11H,7-10H2,1H3,(H,19,23)/t11-/m1/s1. The number of amides is 1. The van der Waals surface area contributed by atoms with Crippen LogP contribution in [-0.4, -0.2) is 20.9 Å². The van der Waals surface area contributed by atoms with E-state index in [4.69, 9.17) is 0 Å². The fraction of sp³-hybridized carbons (Fsp3) is 0.333. The van der Waals surface area contributed by atoms with Gasteiger partial charge in [0.25, 0.3) is 5.56 Å². The van der Waals surface area contributed by atoms with E-state index >= 15 is 0 Å². The molecular weight excluding hydrogens is 336 g/mol. The van der Waals surface area contributed by atoms with Crippen molar-refractivity contribution in [1.82, 2.24) is 15.0 Å². The largest absolute Gasteiger partial charge is 0.324 e. The fourth-order valence-corrected chi connectivity index (χ4v) is 4.57. The zero-order valence-electron chi connectivity index (χ0n) is 13.9. The second-order valence-electron chi connectivity index (χ2n) is 6.50. The van der Waals surface area contributed by atoms with Crippen LogP contribution in [0, 0.1) is 5.92 Å². The number of nitrogens with one attached hydrogen (secondary N) is 1. The molecule has 1 aromatic carbocycles. The molecule has 0 fully saturated rings. The summed E-state index contributed by atoms with van der Waals surface area (Å²) in [5.74, 6) is 0.340. The van der Waals surface area contributed by atoms with Crippen LogP contribution in [0.3, 0.4) is 0 Å². The van der Waals surface area contributed by atoms with Gasteiger partial charge in [-0.25, -0.2) is 4.68 Å². The van der Waals surface area contributed by atoms with Crippen molar-refractivity contribution in [3.63, 3.8) is 0 Å². The molecule has 7 heteroatoms. The van der Waals surface area contributed by atoms with Gasteiger partial charge in [0.05, 0.1) is 5.39 Å². The number of anilines is 1. The number of nitrogens with zero attached hydrogens (tertiary/aromatic N) is 3. The first-order valence-corrected chi connectivity index (χ1v) is 9.16. The van der Waals surface area contributed by atoms with Gasteiger partial charge in [-0.3, -0.25) is 9.59 Å². The molecule has 2 heterocycles. The van der Waals surface area contributed by atoms with Gasteiger partial charge >= 0.3 is 0 Å². The van der Waals surface area contributed by atoms with E-state index < -0.39 is 0 Å². The van der Waals surface area contributed by atoms with Crippen molar-refractivity contribution < 1.29 is 4.79 Å². The van der Waals surface area contributed by atoms with Crippen molar-refractivity contribution in [2.75, 3.05) is 5.32 Å². The summed E-state index contributed by atoms with van der Waals surface area (Å²) in [6, 6.07) is 9.15. The lowest BCUT2D eigenvalue weighted by Crippen LogP contribution is -2.30. The maximum absolute atomic E-state index is 12.8. The monoisotopic (exact) mass is 354 g/mol. The third kappa shape index (κ3) is 3.07. The molecule has 0 spiro atoms. The molecule has 0 unspecified atom stereocenters. The zero-order chi connectivity index (χ0) is 17.4.